The average molecular weight is 357 g/mol. The molecule has 1 aromatic heterocycles. The monoisotopic (exact) mass is 357 g/mol. The quantitative estimate of drug-likeness (QED) is 0.824. The van der Waals surface area contributed by atoms with Crippen LogP contribution >= 0.6 is 0 Å². The largest absolute Gasteiger partial charge is 0.348 e. The summed E-state index contributed by atoms with van der Waals surface area (Å²) in [5.74, 6) is -1.20. The van der Waals surface area contributed by atoms with Crippen molar-refractivity contribution >= 4 is 5.91 Å². The number of nitrogens with zero attached hydrogens (tertiary/aromatic N) is 3. The van der Waals surface area contributed by atoms with Crippen LogP contribution in [0, 0.1) is 17.0 Å². The number of rotatable bonds is 2. The first-order valence-corrected chi connectivity index (χ1v) is 8.76. The maximum absolute atomic E-state index is 14.2. The van der Waals surface area contributed by atoms with Crippen LogP contribution in [0.5, 0.6) is 0 Å². The lowest BCUT2D eigenvalue weighted by atomic mass is 9.67. The van der Waals surface area contributed by atoms with Gasteiger partial charge >= 0.3 is 0 Å². The molecule has 0 spiro atoms. The Morgan fingerprint density at radius 3 is 2.46 bits per heavy atom. The van der Waals surface area contributed by atoms with Crippen LogP contribution in [0.15, 0.2) is 24.3 Å². The molecule has 0 N–H and O–H groups in total. The molecule has 2 bridgehead atoms. The summed E-state index contributed by atoms with van der Waals surface area (Å²) in [6, 6.07) is 5.46. The van der Waals surface area contributed by atoms with Gasteiger partial charge in [-0.15, -0.1) is 5.10 Å². The molecule has 136 valence electrons. The Bertz CT molecular complexity index is 905. The molecule has 2 aromatic rings. The summed E-state index contributed by atoms with van der Waals surface area (Å²) in [4.78, 5) is 14.7. The molecule has 1 saturated carbocycles. The highest BCUT2D eigenvalue weighted by Gasteiger charge is 2.67. The second kappa shape index (κ2) is 5.32. The topological polar surface area (TPSA) is 46.1 Å². The minimum absolute atomic E-state index is 0.0165. The Morgan fingerprint density at radius 2 is 1.85 bits per heavy atom. The lowest BCUT2D eigenvalue weighted by Gasteiger charge is -2.38. The Labute approximate surface area is 151 Å². The van der Waals surface area contributed by atoms with Crippen LogP contribution in [0.4, 0.5) is 8.78 Å². The third-order valence-electron chi connectivity index (χ3n) is 6.37. The van der Waals surface area contributed by atoms with E-state index in [1.165, 1.54) is 18.2 Å². The molecular formula is C20H21F2N3O. The summed E-state index contributed by atoms with van der Waals surface area (Å²) in [6.07, 6.45) is 1.57. The van der Waals surface area contributed by atoms with Gasteiger partial charge in [0.15, 0.2) is 0 Å². The zero-order valence-electron chi connectivity index (χ0n) is 15.3. The summed E-state index contributed by atoms with van der Waals surface area (Å²) in [6.45, 7) is 4.16. The van der Waals surface area contributed by atoms with Gasteiger partial charge in [0, 0.05) is 14.1 Å². The van der Waals surface area contributed by atoms with E-state index in [0.29, 0.717) is 5.69 Å². The van der Waals surface area contributed by atoms with E-state index in [9.17, 15) is 13.6 Å². The molecule has 2 atom stereocenters. The second-order valence-electron chi connectivity index (χ2n) is 8.05. The van der Waals surface area contributed by atoms with Crippen LogP contribution in [0.25, 0.3) is 11.3 Å². The lowest BCUT2D eigenvalue weighted by molar-refractivity contribution is -0.138. The van der Waals surface area contributed by atoms with Crippen LogP contribution in [0.3, 0.4) is 0 Å². The van der Waals surface area contributed by atoms with Gasteiger partial charge < -0.3 is 4.90 Å². The number of halogens is 2. The first kappa shape index (κ1) is 17.1. The molecular weight excluding hydrogens is 336 g/mol. The molecule has 1 heterocycles. The van der Waals surface area contributed by atoms with Crippen molar-refractivity contribution in [1.29, 1.82) is 0 Å². The number of fused-ring (bicyclic) bond motifs is 5. The molecule has 0 aliphatic heterocycles. The van der Waals surface area contributed by atoms with Gasteiger partial charge in [-0.2, -0.15) is 5.10 Å². The predicted octanol–water partition coefficient (Wildman–Crippen LogP) is 3.67. The molecule has 0 saturated heterocycles. The van der Waals surface area contributed by atoms with Crippen LogP contribution in [-0.2, 0) is 10.2 Å². The van der Waals surface area contributed by atoms with Crippen LogP contribution < -0.4 is 0 Å². The van der Waals surface area contributed by atoms with Gasteiger partial charge in [-0.05, 0) is 47.9 Å². The molecule has 1 aromatic carbocycles. The number of hydrogen-bond acceptors (Lipinski definition) is 3. The van der Waals surface area contributed by atoms with Crippen molar-refractivity contribution in [3.05, 3.63) is 47.2 Å². The van der Waals surface area contributed by atoms with Crippen LogP contribution in [0.2, 0.25) is 0 Å². The third kappa shape index (κ3) is 1.90. The van der Waals surface area contributed by atoms with E-state index in [1.807, 2.05) is 0 Å². The maximum Gasteiger partial charge on any atom is 0.234 e. The van der Waals surface area contributed by atoms with Gasteiger partial charge in [-0.3, -0.25) is 4.79 Å². The van der Waals surface area contributed by atoms with Crippen LogP contribution in [-0.4, -0.2) is 35.1 Å². The zero-order chi connectivity index (χ0) is 18.9. The molecule has 1 amide bonds. The Morgan fingerprint density at radius 1 is 1.19 bits per heavy atom. The fourth-order valence-electron chi connectivity index (χ4n) is 5.04. The first-order chi connectivity index (χ1) is 12.2. The summed E-state index contributed by atoms with van der Waals surface area (Å²) >= 11 is 0. The average Bonchev–Trinajstić information content (AvgIpc) is 2.95. The Kier molecular flexibility index (Phi) is 3.49. The van der Waals surface area contributed by atoms with Gasteiger partial charge in [0.2, 0.25) is 5.91 Å². The third-order valence-corrected chi connectivity index (χ3v) is 6.37. The van der Waals surface area contributed by atoms with Crippen molar-refractivity contribution in [2.75, 3.05) is 14.1 Å². The summed E-state index contributed by atoms with van der Waals surface area (Å²) < 4.78 is 28.3. The van der Waals surface area contributed by atoms with Gasteiger partial charge in [0.1, 0.15) is 11.6 Å². The second-order valence-corrected chi connectivity index (χ2v) is 8.05. The fourth-order valence-corrected chi connectivity index (χ4v) is 5.04. The minimum atomic E-state index is -0.726. The molecule has 6 heteroatoms. The fraction of sp³-hybridized carbons (Fsp3) is 0.450. The maximum atomic E-state index is 14.2. The number of aromatic nitrogens is 2. The highest BCUT2D eigenvalue weighted by Crippen LogP contribution is 2.67. The minimum Gasteiger partial charge on any atom is -0.348 e. The number of likely N-dealkylation sites (N-methyl/N-ethyl adjacent to an activating group) is 1. The van der Waals surface area contributed by atoms with E-state index in [2.05, 4.69) is 24.0 Å². The first-order valence-electron chi connectivity index (χ1n) is 8.76. The van der Waals surface area contributed by atoms with Gasteiger partial charge in [-0.25, -0.2) is 8.78 Å². The molecule has 0 radical (unpaired) electrons. The highest BCUT2D eigenvalue weighted by molar-refractivity contribution is 5.91. The van der Waals surface area contributed by atoms with Gasteiger partial charge in [0.05, 0.1) is 22.4 Å². The summed E-state index contributed by atoms with van der Waals surface area (Å²) in [5, 5.41) is 8.45. The smallest absolute Gasteiger partial charge is 0.234 e. The SMILES string of the molecule is CN(C)C(=O)[C@]12CC[C@H](c3cc(-c4c(F)cccc4F)nnc31)C2(C)C. The van der Waals surface area contributed by atoms with Gasteiger partial charge in [0.25, 0.3) is 0 Å². The van der Waals surface area contributed by atoms with E-state index in [4.69, 9.17) is 0 Å². The molecule has 4 rings (SSSR count). The van der Waals surface area contributed by atoms with E-state index in [0.717, 1.165) is 18.4 Å². The zero-order valence-corrected chi connectivity index (χ0v) is 15.3. The van der Waals surface area contributed by atoms with Crippen molar-refractivity contribution in [3.63, 3.8) is 0 Å². The van der Waals surface area contributed by atoms with Crippen molar-refractivity contribution in [3.8, 4) is 11.3 Å². The lowest BCUT2D eigenvalue weighted by Crippen LogP contribution is -2.49. The number of carbonyl (C=O) groups excluding carboxylic acids is 1. The van der Waals surface area contributed by atoms with Crippen LogP contribution in [0.1, 0.15) is 43.9 Å². The molecule has 26 heavy (non-hydrogen) atoms. The van der Waals surface area contributed by atoms with Crippen molar-refractivity contribution < 1.29 is 13.6 Å². The van der Waals surface area contributed by atoms with Crippen molar-refractivity contribution in [2.24, 2.45) is 5.41 Å². The standard InChI is InChI=1S/C20H21F2N3O/c1-19(2)12-8-9-20(19,18(26)25(3)4)17-11(12)10-15(23-24-17)16-13(21)6-5-7-14(16)22/h5-7,10,12H,8-9H2,1-4H3/t12-,20+/m1/s1. The number of hydrogen-bond donors (Lipinski definition) is 0. The number of amides is 1. The van der Waals surface area contributed by atoms with E-state index in [1.54, 1.807) is 25.1 Å². The molecule has 2 aliphatic carbocycles. The van der Waals surface area contributed by atoms with E-state index < -0.39 is 17.0 Å². The number of carbonyl (C=O) groups is 1. The summed E-state index contributed by atoms with van der Waals surface area (Å²) in [5.41, 5.74) is 0.515. The molecule has 0 unspecified atom stereocenters. The van der Waals surface area contributed by atoms with E-state index >= 15 is 0 Å². The van der Waals surface area contributed by atoms with E-state index in [-0.39, 0.29) is 28.5 Å². The Hall–Kier alpha value is -2.37. The molecule has 4 nitrogen and oxygen atoms in total. The van der Waals surface area contributed by atoms with Crippen molar-refractivity contribution in [2.45, 2.75) is 38.0 Å². The van der Waals surface area contributed by atoms with Crippen molar-refractivity contribution in [1.82, 2.24) is 15.1 Å². The molecule has 1 fully saturated rings. The van der Waals surface area contributed by atoms with Gasteiger partial charge in [-0.1, -0.05) is 19.9 Å². The molecule has 2 aliphatic rings. The highest BCUT2D eigenvalue weighted by atomic mass is 19.1. The normalized spacial score (nSPS) is 25.2. The summed E-state index contributed by atoms with van der Waals surface area (Å²) in [7, 11) is 3.49. The predicted molar refractivity (Wildman–Crippen MR) is 93.5 cm³/mol. The number of benzene rings is 1. The Balaban J connectivity index is 1.92.